The molecule has 1 fully saturated rings. The van der Waals surface area contributed by atoms with E-state index in [1.54, 1.807) is 0 Å². The first-order valence-corrected chi connectivity index (χ1v) is 11.4. The molecule has 1 N–H and O–H groups in total. The van der Waals surface area contributed by atoms with Crippen LogP contribution in [0.4, 0.5) is 18.9 Å². The SMILES string of the molecule is O=C(Nc1ccc(F)cc1F)c1nnc([C@H]2CCCN2S(=O)(=O)c2ccccc2F)s1. The number of anilines is 1. The highest BCUT2D eigenvalue weighted by Gasteiger charge is 2.39. The van der Waals surface area contributed by atoms with Gasteiger partial charge in [-0.3, -0.25) is 4.79 Å². The fourth-order valence-electron chi connectivity index (χ4n) is 3.28. The van der Waals surface area contributed by atoms with Gasteiger partial charge in [-0.1, -0.05) is 23.5 Å². The quantitative estimate of drug-likeness (QED) is 0.616. The Labute approximate surface area is 179 Å². The zero-order valence-corrected chi connectivity index (χ0v) is 17.4. The van der Waals surface area contributed by atoms with E-state index in [2.05, 4.69) is 15.5 Å². The van der Waals surface area contributed by atoms with E-state index in [1.165, 1.54) is 18.2 Å². The lowest BCUT2D eigenvalue weighted by atomic mass is 10.2. The minimum atomic E-state index is -4.12. The van der Waals surface area contributed by atoms with Crippen molar-refractivity contribution < 1.29 is 26.4 Å². The van der Waals surface area contributed by atoms with E-state index < -0.39 is 44.3 Å². The molecule has 0 unspecified atom stereocenters. The second-order valence-corrected chi connectivity index (χ2v) is 9.60. The average molecular weight is 468 g/mol. The highest BCUT2D eigenvalue weighted by Crippen LogP contribution is 2.38. The van der Waals surface area contributed by atoms with Crippen molar-refractivity contribution in [3.8, 4) is 0 Å². The number of carbonyl (C=O) groups is 1. The second-order valence-electron chi connectivity index (χ2n) is 6.73. The van der Waals surface area contributed by atoms with E-state index >= 15 is 0 Å². The number of aromatic nitrogens is 2. The molecule has 1 saturated heterocycles. The number of hydrogen-bond donors (Lipinski definition) is 1. The van der Waals surface area contributed by atoms with Crippen LogP contribution >= 0.6 is 11.3 Å². The van der Waals surface area contributed by atoms with Crippen LogP contribution in [-0.4, -0.2) is 35.4 Å². The molecule has 1 aliphatic rings. The minimum absolute atomic E-state index is 0.117. The lowest BCUT2D eigenvalue weighted by Crippen LogP contribution is -2.31. The van der Waals surface area contributed by atoms with Crippen LogP contribution in [0, 0.1) is 17.5 Å². The molecule has 2 aromatic carbocycles. The van der Waals surface area contributed by atoms with Crippen molar-refractivity contribution in [3.05, 3.63) is 69.9 Å². The van der Waals surface area contributed by atoms with Gasteiger partial charge in [-0.15, -0.1) is 10.2 Å². The summed E-state index contributed by atoms with van der Waals surface area (Å²) in [6.45, 7) is 0.170. The molecule has 31 heavy (non-hydrogen) atoms. The van der Waals surface area contributed by atoms with Crippen molar-refractivity contribution in [3.63, 3.8) is 0 Å². The Morgan fingerprint density at radius 3 is 2.61 bits per heavy atom. The fourth-order valence-corrected chi connectivity index (χ4v) is 5.96. The molecule has 0 bridgehead atoms. The molecule has 1 aliphatic heterocycles. The summed E-state index contributed by atoms with van der Waals surface area (Å²) in [4.78, 5) is 11.9. The molecule has 3 aromatic rings. The molecule has 4 rings (SSSR count). The lowest BCUT2D eigenvalue weighted by molar-refractivity contribution is 0.102. The molecule has 162 valence electrons. The van der Waals surface area contributed by atoms with E-state index in [9.17, 15) is 26.4 Å². The zero-order chi connectivity index (χ0) is 22.2. The van der Waals surface area contributed by atoms with Gasteiger partial charge >= 0.3 is 0 Å². The molecule has 0 spiro atoms. The molecule has 0 saturated carbocycles. The summed E-state index contributed by atoms with van der Waals surface area (Å²) in [7, 11) is -4.12. The molecule has 1 amide bonds. The smallest absolute Gasteiger partial charge is 0.286 e. The van der Waals surface area contributed by atoms with E-state index in [1.807, 2.05) is 0 Å². The van der Waals surface area contributed by atoms with Crippen LogP contribution in [0.1, 0.15) is 33.7 Å². The summed E-state index contributed by atoms with van der Waals surface area (Å²) < 4.78 is 68.0. The van der Waals surface area contributed by atoms with Crippen molar-refractivity contribution in [1.82, 2.24) is 14.5 Å². The third-order valence-corrected chi connectivity index (χ3v) is 7.69. The van der Waals surface area contributed by atoms with E-state index in [-0.39, 0.29) is 22.2 Å². The number of nitrogens with one attached hydrogen (secondary N) is 1. The van der Waals surface area contributed by atoms with Crippen LogP contribution in [0.15, 0.2) is 47.4 Å². The van der Waals surface area contributed by atoms with Gasteiger partial charge in [0.1, 0.15) is 27.4 Å². The number of rotatable bonds is 5. The summed E-state index contributed by atoms with van der Waals surface area (Å²) in [6, 6.07) is 7.09. The van der Waals surface area contributed by atoms with Gasteiger partial charge in [0, 0.05) is 12.6 Å². The van der Waals surface area contributed by atoms with Crippen LogP contribution in [0.5, 0.6) is 0 Å². The maximum Gasteiger partial charge on any atom is 0.286 e. The molecule has 7 nitrogen and oxygen atoms in total. The predicted molar refractivity (Wildman–Crippen MR) is 106 cm³/mol. The number of sulfonamides is 1. The van der Waals surface area contributed by atoms with Crippen molar-refractivity contribution in [2.45, 2.75) is 23.8 Å². The van der Waals surface area contributed by atoms with Gasteiger partial charge in [-0.05, 0) is 37.1 Å². The topological polar surface area (TPSA) is 92.3 Å². The van der Waals surface area contributed by atoms with Gasteiger partial charge in [0.15, 0.2) is 0 Å². The van der Waals surface area contributed by atoms with Crippen LogP contribution in [0.25, 0.3) is 0 Å². The number of nitrogens with zero attached hydrogens (tertiary/aromatic N) is 3. The monoisotopic (exact) mass is 468 g/mol. The van der Waals surface area contributed by atoms with Crippen LogP contribution in [-0.2, 0) is 10.0 Å². The number of benzene rings is 2. The number of amides is 1. The lowest BCUT2D eigenvalue weighted by Gasteiger charge is -2.22. The van der Waals surface area contributed by atoms with Gasteiger partial charge in [-0.25, -0.2) is 21.6 Å². The van der Waals surface area contributed by atoms with Crippen molar-refractivity contribution in [2.24, 2.45) is 0 Å². The first kappa shape index (κ1) is 21.4. The number of halogens is 3. The minimum Gasteiger partial charge on any atom is -0.317 e. The second kappa shape index (κ2) is 8.36. The Morgan fingerprint density at radius 2 is 1.87 bits per heavy atom. The molecule has 0 aliphatic carbocycles. The molecule has 1 atom stereocenters. The van der Waals surface area contributed by atoms with Crippen LogP contribution in [0.2, 0.25) is 0 Å². The van der Waals surface area contributed by atoms with Crippen molar-refractivity contribution in [2.75, 3.05) is 11.9 Å². The predicted octanol–water partition coefficient (Wildman–Crippen LogP) is 3.73. The maximum atomic E-state index is 14.1. The Kier molecular flexibility index (Phi) is 5.77. The first-order chi connectivity index (χ1) is 14.8. The van der Waals surface area contributed by atoms with E-state index in [0.717, 1.165) is 33.8 Å². The molecule has 2 heterocycles. The van der Waals surface area contributed by atoms with Gasteiger partial charge in [0.2, 0.25) is 15.0 Å². The Balaban J connectivity index is 1.56. The van der Waals surface area contributed by atoms with Crippen LogP contribution < -0.4 is 5.32 Å². The molecular weight excluding hydrogens is 453 g/mol. The Hall–Kier alpha value is -2.83. The Morgan fingerprint density at radius 1 is 1.10 bits per heavy atom. The number of carbonyl (C=O) groups excluding carboxylic acids is 1. The van der Waals surface area contributed by atoms with Gasteiger partial charge in [0.25, 0.3) is 5.91 Å². The molecule has 1 aromatic heterocycles. The standard InChI is InChI=1S/C19H15F3N4O3S2/c20-11-7-8-14(13(22)10-11)23-17(27)19-25-24-18(30-19)15-5-3-9-26(15)31(28,29)16-6-2-1-4-12(16)21/h1-2,4,6-8,10,15H,3,5,9H2,(H,23,27)/t15-/m1/s1. The molecule has 12 heteroatoms. The summed E-state index contributed by atoms with van der Waals surface area (Å²) in [5.41, 5.74) is -0.229. The average Bonchev–Trinajstić information content (AvgIpc) is 3.40. The maximum absolute atomic E-state index is 14.1. The van der Waals surface area contributed by atoms with Crippen LogP contribution in [0.3, 0.4) is 0 Å². The van der Waals surface area contributed by atoms with E-state index in [0.29, 0.717) is 18.9 Å². The molecule has 0 radical (unpaired) electrons. The largest absolute Gasteiger partial charge is 0.317 e. The van der Waals surface area contributed by atoms with Crippen molar-refractivity contribution in [1.29, 1.82) is 0 Å². The summed E-state index contributed by atoms with van der Waals surface area (Å²) in [6.07, 6.45) is 0.955. The third-order valence-electron chi connectivity index (χ3n) is 4.73. The normalized spacial score (nSPS) is 17.1. The van der Waals surface area contributed by atoms with Gasteiger partial charge < -0.3 is 5.32 Å². The number of hydrogen-bond acceptors (Lipinski definition) is 6. The third kappa shape index (κ3) is 4.18. The molecular formula is C19H15F3N4O3S2. The highest BCUT2D eigenvalue weighted by atomic mass is 32.2. The fraction of sp³-hybridized carbons (Fsp3) is 0.211. The summed E-state index contributed by atoms with van der Waals surface area (Å²) in [5, 5.41) is 10.1. The zero-order valence-electron chi connectivity index (χ0n) is 15.8. The van der Waals surface area contributed by atoms with Gasteiger partial charge in [0.05, 0.1) is 11.7 Å². The van der Waals surface area contributed by atoms with Gasteiger partial charge in [-0.2, -0.15) is 4.31 Å². The van der Waals surface area contributed by atoms with E-state index in [4.69, 9.17) is 0 Å². The summed E-state index contributed by atoms with van der Waals surface area (Å²) >= 11 is 0.855. The highest BCUT2D eigenvalue weighted by molar-refractivity contribution is 7.89. The van der Waals surface area contributed by atoms with Crippen molar-refractivity contribution >= 4 is 33.0 Å². The first-order valence-electron chi connectivity index (χ1n) is 9.13. The summed E-state index contributed by atoms with van der Waals surface area (Å²) in [5.74, 6) is -3.36. The Bertz CT molecular complexity index is 1250.